The number of nitrogens with one attached hydrogen (secondary N) is 1. The molecule has 0 amide bonds. The lowest BCUT2D eigenvalue weighted by atomic mass is 10.1. The van der Waals surface area contributed by atoms with Crippen molar-refractivity contribution in [3.8, 4) is 0 Å². The van der Waals surface area contributed by atoms with Gasteiger partial charge in [0.25, 0.3) is 0 Å². The maximum Gasteiger partial charge on any atom is 0.0948 e. The lowest BCUT2D eigenvalue weighted by Crippen LogP contribution is -2.43. The summed E-state index contributed by atoms with van der Waals surface area (Å²) < 4.78 is 5.11. The molecule has 0 spiro atoms. The Morgan fingerprint density at radius 3 is 3.00 bits per heavy atom. The van der Waals surface area contributed by atoms with E-state index in [1.165, 1.54) is 0 Å². The highest BCUT2D eigenvalue weighted by Crippen LogP contribution is 2.06. The zero-order valence-corrected chi connectivity index (χ0v) is 7.49. The minimum absolute atomic E-state index is 0.0972. The van der Waals surface area contributed by atoms with Crippen molar-refractivity contribution in [1.82, 2.24) is 5.32 Å². The summed E-state index contributed by atoms with van der Waals surface area (Å²) in [5.74, 6) is 0. The molecular weight excluding hydrogens is 154 g/mol. The standard InChI is InChI=1S/C9H17NO2/c1-3-4-7(2)10-8-5-12-6-9(8)11/h3,7-11H,1,4-6H2,2H3. The average molecular weight is 171 g/mol. The van der Waals surface area contributed by atoms with Gasteiger partial charge in [0, 0.05) is 6.04 Å². The summed E-state index contributed by atoms with van der Waals surface area (Å²) in [6.07, 6.45) is 2.44. The molecule has 0 bridgehead atoms. The lowest BCUT2D eigenvalue weighted by molar-refractivity contribution is 0.121. The van der Waals surface area contributed by atoms with E-state index in [2.05, 4.69) is 18.8 Å². The molecule has 1 fully saturated rings. The summed E-state index contributed by atoms with van der Waals surface area (Å²) in [5, 5.41) is 12.7. The van der Waals surface area contributed by atoms with Crippen LogP contribution in [0.4, 0.5) is 0 Å². The van der Waals surface area contributed by atoms with E-state index in [4.69, 9.17) is 4.74 Å². The number of hydrogen-bond donors (Lipinski definition) is 2. The van der Waals surface area contributed by atoms with Crippen LogP contribution in [-0.2, 0) is 4.74 Å². The first-order chi connectivity index (χ1) is 5.74. The zero-order chi connectivity index (χ0) is 8.97. The third-order valence-corrected chi connectivity index (χ3v) is 2.07. The molecule has 1 rings (SSSR count). The SMILES string of the molecule is C=CCC(C)NC1COCC1O. The minimum atomic E-state index is -0.350. The van der Waals surface area contributed by atoms with E-state index in [-0.39, 0.29) is 12.1 Å². The fourth-order valence-electron chi connectivity index (χ4n) is 1.39. The molecule has 1 aliphatic rings. The normalized spacial score (nSPS) is 31.8. The second-order valence-electron chi connectivity index (χ2n) is 3.30. The number of rotatable bonds is 4. The van der Waals surface area contributed by atoms with Crippen LogP contribution in [0.1, 0.15) is 13.3 Å². The minimum Gasteiger partial charge on any atom is -0.389 e. The third kappa shape index (κ3) is 2.59. The molecule has 0 aromatic heterocycles. The fraction of sp³-hybridized carbons (Fsp3) is 0.778. The Balaban J connectivity index is 2.24. The van der Waals surface area contributed by atoms with Gasteiger partial charge < -0.3 is 15.2 Å². The van der Waals surface area contributed by atoms with Crippen molar-refractivity contribution in [2.45, 2.75) is 31.5 Å². The first kappa shape index (κ1) is 9.71. The van der Waals surface area contributed by atoms with Gasteiger partial charge in [-0.05, 0) is 13.3 Å². The van der Waals surface area contributed by atoms with Gasteiger partial charge in [-0.15, -0.1) is 6.58 Å². The van der Waals surface area contributed by atoms with Crippen LogP contribution < -0.4 is 5.32 Å². The molecule has 0 aromatic rings. The number of ether oxygens (including phenoxy) is 1. The molecule has 1 saturated heterocycles. The topological polar surface area (TPSA) is 41.5 Å². The fourth-order valence-corrected chi connectivity index (χ4v) is 1.39. The monoisotopic (exact) mass is 171 g/mol. The molecule has 3 unspecified atom stereocenters. The van der Waals surface area contributed by atoms with E-state index >= 15 is 0 Å². The van der Waals surface area contributed by atoms with Crippen LogP contribution in [0, 0.1) is 0 Å². The molecule has 3 heteroatoms. The van der Waals surface area contributed by atoms with Crippen LogP contribution >= 0.6 is 0 Å². The van der Waals surface area contributed by atoms with Crippen LogP contribution in [-0.4, -0.2) is 36.5 Å². The molecule has 70 valence electrons. The number of aliphatic hydroxyl groups is 1. The van der Waals surface area contributed by atoms with Crippen LogP contribution in [0.3, 0.4) is 0 Å². The Hall–Kier alpha value is -0.380. The summed E-state index contributed by atoms with van der Waals surface area (Å²) in [5.41, 5.74) is 0. The van der Waals surface area contributed by atoms with Crippen molar-refractivity contribution in [3.63, 3.8) is 0 Å². The second kappa shape index (κ2) is 4.60. The van der Waals surface area contributed by atoms with E-state index in [0.29, 0.717) is 19.3 Å². The molecule has 3 nitrogen and oxygen atoms in total. The van der Waals surface area contributed by atoms with Crippen molar-refractivity contribution in [1.29, 1.82) is 0 Å². The molecule has 0 aromatic carbocycles. The lowest BCUT2D eigenvalue weighted by Gasteiger charge is -2.19. The Morgan fingerprint density at radius 2 is 2.50 bits per heavy atom. The smallest absolute Gasteiger partial charge is 0.0948 e. The van der Waals surface area contributed by atoms with E-state index < -0.39 is 0 Å². The molecule has 1 heterocycles. The van der Waals surface area contributed by atoms with Crippen molar-refractivity contribution in [2.24, 2.45) is 0 Å². The molecule has 3 atom stereocenters. The van der Waals surface area contributed by atoms with Crippen LogP contribution in [0.15, 0.2) is 12.7 Å². The molecule has 12 heavy (non-hydrogen) atoms. The van der Waals surface area contributed by atoms with Gasteiger partial charge in [0.05, 0.1) is 25.4 Å². The molecule has 0 aliphatic carbocycles. The van der Waals surface area contributed by atoms with Crippen molar-refractivity contribution in [2.75, 3.05) is 13.2 Å². The van der Waals surface area contributed by atoms with Crippen LogP contribution in [0.2, 0.25) is 0 Å². The highest BCUT2D eigenvalue weighted by Gasteiger charge is 2.26. The summed E-state index contributed by atoms with van der Waals surface area (Å²) in [6, 6.07) is 0.462. The first-order valence-corrected chi connectivity index (χ1v) is 4.36. The maximum absolute atomic E-state index is 9.39. The van der Waals surface area contributed by atoms with E-state index in [1.807, 2.05) is 6.08 Å². The van der Waals surface area contributed by atoms with Crippen molar-refractivity contribution >= 4 is 0 Å². The Bertz CT molecular complexity index is 149. The van der Waals surface area contributed by atoms with Gasteiger partial charge in [-0.25, -0.2) is 0 Å². The number of hydrogen-bond acceptors (Lipinski definition) is 3. The van der Waals surface area contributed by atoms with Crippen molar-refractivity contribution < 1.29 is 9.84 Å². The Morgan fingerprint density at radius 1 is 1.75 bits per heavy atom. The average Bonchev–Trinajstić information content (AvgIpc) is 2.37. The summed E-state index contributed by atoms with van der Waals surface area (Å²) in [7, 11) is 0. The number of aliphatic hydroxyl groups excluding tert-OH is 1. The predicted octanol–water partition coefficient (Wildman–Crippen LogP) is 0.300. The largest absolute Gasteiger partial charge is 0.389 e. The molecule has 0 saturated carbocycles. The van der Waals surface area contributed by atoms with Crippen molar-refractivity contribution in [3.05, 3.63) is 12.7 Å². The highest BCUT2D eigenvalue weighted by molar-refractivity contribution is 4.85. The molecule has 1 aliphatic heterocycles. The van der Waals surface area contributed by atoms with Gasteiger partial charge in [0.1, 0.15) is 0 Å². The van der Waals surface area contributed by atoms with Crippen LogP contribution in [0.25, 0.3) is 0 Å². The summed E-state index contributed by atoms with van der Waals surface area (Å²) in [4.78, 5) is 0. The zero-order valence-electron chi connectivity index (χ0n) is 7.49. The molecule has 0 radical (unpaired) electrons. The van der Waals surface area contributed by atoms with Gasteiger partial charge >= 0.3 is 0 Å². The summed E-state index contributed by atoms with van der Waals surface area (Å²) in [6.45, 7) is 6.81. The predicted molar refractivity (Wildman–Crippen MR) is 48.0 cm³/mol. The highest BCUT2D eigenvalue weighted by atomic mass is 16.5. The van der Waals surface area contributed by atoms with E-state index in [9.17, 15) is 5.11 Å². The van der Waals surface area contributed by atoms with Gasteiger partial charge in [-0.2, -0.15) is 0 Å². The Labute approximate surface area is 73.4 Å². The summed E-state index contributed by atoms with van der Waals surface area (Å²) >= 11 is 0. The van der Waals surface area contributed by atoms with Gasteiger partial charge in [0.2, 0.25) is 0 Å². The third-order valence-electron chi connectivity index (χ3n) is 2.07. The quantitative estimate of drug-likeness (QED) is 0.598. The molecular formula is C9H17NO2. The first-order valence-electron chi connectivity index (χ1n) is 4.36. The Kier molecular flexibility index (Phi) is 3.72. The van der Waals surface area contributed by atoms with Crippen LogP contribution in [0.5, 0.6) is 0 Å². The van der Waals surface area contributed by atoms with E-state index in [0.717, 1.165) is 6.42 Å². The maximum atomic E-state index is 9.39. The van der Waals surface area contributed by atoms with Gasteiger partial charge in [0.15, 0.2) is 0 Å². The second-order valence-corrected chi connectivity index (χ2v) is 3.30. The van der Waals surface area contributed by atoms with Gasteiger partial charge in [-0.3, -0.25) is 0 Å². The molecule has 2 N–H and O–H groups in total. The van der Waals surface area contributed by atoms with Gasteiger partial charge in [-0.1, -0.05) is 6.08 Å². The van der Waals surface area contributed by atoms with E-state index in [1.54, 1.807) is 0 Å².